The molecule has 2 aromatic rings. The van der Waals surface area contributed by atoms with Gasteiger partial charge in [-0.05, 0) is 38.9 Å². The number of likely N-dealkylation sites (N-methyl/N-ethyl adjacent to an activating group) is 1. The maximum Gasteiger partial charge on any atom is 0.0942 e. The van der Waals surface area contributed by atoms with E-state index in [0.717, 1.165) is 25.1 Å². The second-order valence-electron chi connectivity index (χ2n) is 8.21. The molecular formula is C23H31N3O. The molecular weight excluding hydrogens is 334 g/mol. The topological polar surface area (TPSA) is 39.1 Å². The third kappa shape index (κ3) is 4.76. The highest BCUT2D eigenvalue weighted by Crippen LogP contribution is 2.29. The van der Waals surface area contributed by atoms with E-state index < -0.39 is 6.10 Å². The van der Waals surface area contributed by atoms with E-state index >= 15 is 0 Å². The Morgan fingerprint density at radius 1 is 1.07 bits per heavy atom. The summed E-state index contributed by atoms with van der Waals surface area (Å²) in [6.45, 7) is 8.15. The highest BCUT2D eigenvalue weighted by Gasteiger charge is 2.34. The molecule has 0 bridgehead atoms. The first-order valence-corrected chi connectivity index (χ1v) is 9.68. The molecule has 0 saturated carbocycles. The van der Waals surface area contributed by atoms with Crippen LogP contribution in [-0.2, 0) is 6.54 Å². The second kappa shape index (κ2) is 8.24. The van der Waals surface area contributed by atoms with Crippen molar-refractivity contribution in [2.75, 3.05) is 13.6 Å². The van der Waals surface area contributed by atoms with Crippen molar-refractivity contribution in [2.24, 2.45) is 5.10 Å². The summed E-state index contributed by atoms with van der Waals surface area (Å²) in [6, 6.07) is 20.4. The summed E-state index contributed by atoms with van der Waals surface area (Å²) < 4.78 is 0. The molecule has 1 aliphatic heterocycles. The average Bonchev–Trinajstić information content (AvgIpc) is 2.94. The lowest BCUT2D eigenvalue weighted by Crippen LogP contribution is -2.39. The van der Waals surface area contributed by atoms with E-state index in [0.29, 0.717) is 0 Å². The largest absolute Gasteiger partial charge is 0.387 e. The smallest absolute Gasteiger partial charge is 0.0942 e. The summed E-state index contributed by atoms with van der Waals surface area (Å²) in [5.74, 6) is 0. The Hall–Kier alpha value is -2.17. The first-order chi connectivity index (χ1) is 12.9. The van der Waals surface area contributed by atoms with Crippen LogP contribution in [0.15, 0.2) is 65.8 Å². The van der Waals surface area contributed by atoms with E-state index in [4.69, 9.17) is 5.10 Å². The van der Waals surface area contributed by atoms with E-state index in [1.807, 2.05) is 36.4 Å². The maximum atomic E-state index is 10.7. The van der Waals surface area contributed by atoms with Crippen LogP contribution in [-0.4, -0.2) is 45.9 Å². The predicted octanol–water partition coefficient (Wildman–Crippen LogP) is 4.08. The van der Waals surface area contributed by atoms with Crippen molar-refractivity contribution in [2.45, 2.75) is 51.4 Å². The van der Waals surface area contributed by atoms with Gasteiger partial charge in [0.2, 0.25) is 0 Å². The van der Waals surface area contributed by atoms with Crippen molar-refractivity contribution in [1.82, 2.24) is 9.91 Å². The van der Waals surface area contributed by atoms with Crippen molar-refractivity contribution >= 4 is 5.71 Å². The normalized spacial score (nSPS) is 18.4. The lowest BCUT2D eigenvalue weighted by molar-refractivity contribution is 0.0804. The van der Waals surface area contributed by atoms with Crippen molar-refractivity contribution in [3.63, 3.8) is 0 Å². The number of hydrazone groups is 1. The quantitative estimate of drug-likeness (QED) is 0.803. The molecule has 0 amide bonds. The van der Waals surface area contributed by atoms with Gasteiger partial charge in [0.1, 0.15) is 0 Å². The van der Waals surface area contributed by atoms with E-state index in [-0.39, 0.29) is 11.6 Å². The Labute approximate surface area is 163 Å². The van der Waals surface area contributed by atoms with Gasteiger partial charge in [-0.1, -0.05) is 60.7 Å². The number of rotatable bonds is 7. The molecule has 0 aromatic heterocycles. The zero-order valence-electron chi connectivity index (χ0n) is 16.8. The molecule has 3 rings (SSSR count). The molecule has 27 heavy (non-hydrogen) atoms. The fourth-order valence-corrected chi connectivity index (χ4v) is 3.63. The standard InChI is InChI=1S/C23H31N3O/c1-18(22(27)20-13-9-6-10-14-20)25(4)17-21-15-23(2,3)26(24-21)16-19-11-7-5-8-12-19/h5-14,18,22,27H,15-17H2,1-4H3/t18-,22+/m0/s1. The molecule has 4 heteroatoms. The molecule has 2 aromatic carbocycles. The van der Waals surface area contributed by atoms with Crippen LogP contribution in [0.1, 0.15) is 44.4 Å². The van der Waals surface area contributed by atoms with Gasteiger partial charge in [0.05, 0.1) is 23.9 Å². The van der Waals surface area contributed by atoms with Crippen molar-refractivity contribution in [3.8, 4) is 0 Å². The Kier molecular flexibility index (Phi) is 5.98. The molecule has 144 valence electrons. The summed E-state index contributed by atoms with van der Waals surface area (Å²) in [5, 5.41) is 17.8. The SMILES string of the molecule is C[C@@H]([C@@H](O)c1ccccc1)N(C)CC1=NN(Cc2ccccc2)C(C)(C)C1. The van der Waals surface area contributed by atoms with E-state index in [2.05, 4.69) is 62.0 Å². The number of nitrogens with zero attached hydrogens (tertiary/aromatic N) is 3. The number of aliphatic hydroxyl groups excluding tert-OH is 1. The number of benzene rings is 2. The summed E-state index contributed by atoms with van der Waals surface area (Å²) >= 11 is 0. The summed E-state index contributed by atoms with van der Waals surface area (Å²) in [6.07, 6.45) is 0.435. The first kappa shape index (κ1) is 19.6. The number of hydrogen-bond donors (Lipinski definition) is 1. The minimum atomic E-state index is -0.508. The third-order valence-corrected chi connectivity index (χ3v) is 5.50. The van der Waals surface area contributed by atoms with Crippen LogP contribution in [0, 0.1) is 0 Å². The van der Waals surface area contributed by atoms with E-state index in [1.165, 1.54) is 11.3 Å². The summed E-state index contributed by atoms with van der Waals surface area (Å²) in [5.41, 5.74) is 3.41. The lowest BCUT2D eigenvalue weighted by atomic mass is 9.97. The summed E-state index contributed by atoms with van der Waals surface area (Å²) in [4.78, 5) is 2.19. The van der Waals surface area contributed by atoms with Crippen molar-refractivity contribution in [1.29, 1.82) is 0 Å². The van der Waals surface area contributed by atoms with Crippen LogP contribution in [0.4, 0.5) is 0 Å². The van der Waals surface area contributed by atoms with Gasteiger partial charge in [-0.2, -0.15) is 5.10 Å². The first-order valence-electron chi connectivity index (χ1n) is 9.68. The molecule has 0 aliphatic carbocycles. The van der Waals surface area contributed by atoms with Crippen LogP contribution in [0.25, 0.3) is 0 Å². The van der Waals surface area contributed by atoms with Crippen LogP contribution < -0.4 is 0 Å². The fourth-order valence-electron chi connectivity index (χ4n) is 3.63. The highest BCUT2D eigenvalue weighted by molar-refractivity contribution is 5.88. The van der Waals surface area contributed by atoms with Crippen LogP contribution in [0.2, 0.25) is 0 Å². The molecule has 4 nitrogen and oxygen atoms in total. The van der Waals surface area contributed by atoms with E-state index in [1.54, 1.807) is 0 Å². The molecule has 0 saturated heterocycles. The van der Waals surface area contributed by atoms with Crippen LogP contribution >= 0.6 is 0 Å². The second-order valence-corrected chi connectivity index (χ2v) is 8.21. The Morgan fingerprint density at radius 3 is 2.30 bits per heavy atom. The van der Waals surface area contributed by atoms with Gasteiger partial charge in [-0.3, -0.25) is 9.91 Å². The van der Waals surface area contributed by atoms with Gasteiger partial charge in [0, 0.05) is 19.0 Å². The van der Waals surface area contributed by atoms with Crippen molar-refractivity contribution < 1.29 is 5.11 Å². The Morgan fingerprint density at radius 2 is 1.67 bits per heavy atom. The van der Waals surface area contributed by atoms with Gasteiger partial charge in [0.25, 0.3) is 0 Å². The van der Waals surface area contributed by atoms with Gasteiger partial charge in [-0.25, -0.2) is 0 Å². The minimum absolute atomic E-state index is 0.00724. The minimum Gasteiger partial charge on any atom is -0.387 e. The van der Waals surface area contributed by atoms with Gasteiger partial charge < -0.3 is 5.11 Å². The molecule has 1 aliphatic rings. The molecule has 0 unspecified atom stereocenters. The Bertz CT molecular complexity index is 758. The van der Waals surface area contributed by atoms with E-state index in [9.17, 15) is 5.11 Å². The number of aliphatic hydroxyl groups is 1. The number of hydrogen-bond acceptors (Lipinski definition) is 4. The van der Waals surface area contributed by atoms with Gasteiger partial charge >= 0.3 is 0 Å². The van der Waals surface area contributed by atoms with Gasteiger partial charge in [-0.15, -0.1) is 0 Å². The molecule has 0 radical (unpaired) electrons. The third-order valence-electron chi connectivity index (χ3n) is 5.50. The lowest BCUT2D eigenvalue weighted by Gasteiger charge is -2.31. The van der Waals surface area contributed by atoms with Gasteiger partial charge in [0.15, 0.2) is 0 Å². The summed E-state index contributed by atoms with van der Waals surface area (Å²) in [7, 11) is 2.06. The Balaban J connectivity index is 1.65. The fraction of sp³-hybridized carbons (Fsp3) is 0.435. The molecule has 1 N–H and O–H groups in total. The van der Waals surface area contributed by atoms with Crippen LogP contribution in [0.5, 0.6) is 0 Å². The zero-order chi connectivity index (χ0) is 19.4. The molecule has 0 spiro atoms. The van der Waals surface area contributed by atoms with Crippen LogP contribution in [0.3, 0.4) is 0 Å². The molecule has 0 fully saturated rings. The predicted molar refractivity (Wildman–Crippen MR) is 112 cm³/mol. The molecule has 2 atom stereocenters. The maximum absolute atomic E-state index is 10.7. The molecule has 1 heterocycles. The monoisotopic (exact) mass is 365 g/mol. The average molecular weight is 366 g/mol. The highest BCUT2D eigenvalue weighted by atomic mass is 16.3. The van der Waals surface area contributed by atoms with Crippen molar-refractivity contribution in [3.05, 3.63) is 71.8 Å². The zero-order valence-corrected chi connectivity index (χ0v) is 16.8.